The summed E-state index contributed by atoms with van der Waals surface area (Å²) in [5.41, 5.74) is 3.39. The first kappa shape index (κ1) is 17.1. The quantitative estimate of drug-likeness (QED) is 0.930. The van der Waals surface area contributed by atoms with Gasteiger partial charge in [-0.15, -0.1) is 0 Å². The van der Waals surface area contributed by atoms with Crippen LogP contribution >= 0.6 is 0 Å². The number of aryl methyl sites for hydroxylation is 1. The SMILES string of the molecule is COc1cccc2c1OCC(NC(=O)N(C)Cc1ccccc1C)C2. The van der Waals surface area contributed by atoms with Crippen LogP contribution in [0.1, 0.15) is 16.7 Å². The number of hydrogen-bond donors (Lipinski definition) is 1. The average molecular weight is 340 g/mol. The van der Waals surface area contributed by atoms with Gasteiger partial charge >= 0.3 is 6.03 Å². The molecule has 0 aromatic heterocycles. The molecule has 0 saturated heterocycles. The highest BCUT2D eigenvalue weighted by molar-refractivity contribution is 5.74. The van der Waals surface area contributed by atoms with Crippen LogP contribution in [0.2, 0.25) is 0 Å². The van der Waals surface area contributed by atoms with E-state index in [9.17, 15) is 4.79 Å². The highest BCUT2D eigenvalue weighted by Crippen LogP contribution is 2.34. The van der Waals surface area contributed by atoms with Crippen LogP contribution in [0.5, 0.6) is 11.5 Å². The van der Waals surface area contributed by atoms with Gasteiger partial charge in [-0.05, 0) is 30.5 Å². The van der Waals surface area contributed by atoms with Crippen molar-refractivity contribution in [2.45, 2.75) is 25.9 Å². The standard InChI is InChI=1S/C20H24N2O3/c1-14-7-4-5-8-16(14)12-22(2)20(23)21-17-11-15-9-6-10-18(24-3)19(15)25-13-17/h4-10,17H,11-13H2,1-3H3,(H,21,23). The third-order valence-corrected chi connectivity index (χ3v) is 4.52. The number of fused-ring (bicyclic) bond motifs is 1. The molecule has 0 spiro atoms. The van der Waals surface area contributed by atoms with Gasteiger partial charge in [0.15, 0.2) is 11.5 Å². The number of rotatable bonds is 4. The lowest BCUT2D eigenvalue weighted by Crippen LogP contribution is -2.47. The van der Waals surface area contributed by atoms with Crippen LogP contribution in [0.25, 0.3) is 0 Å². The van der Waals surface area contributed by atoms with E-state index in [4.69, 9.17) is 9.47 Å². The molecule has 0 bridgehead atoms. The molecule has 5 nitrogen and oxygen atoms in total. The molecule has 1 N–H and O–H groups in total. The van der Waals surface area contributed by atoms with Crippen molar-refractivity contribution >= 4 is 6.03 Å². The summed E-state index contributed by atoms with van der Waals surface area (Å²) < 4.78 is 11.1. The zero-order valence-electron chi connectivity index (χ0n) is 14.9. The van der Waals surface area contributed by atoms with Gasteiger partial charge in [0, 0.05) is 19.2 Å². The molecule has 2 aromatic rings. The Balaban J connectivity index is 1.61. The van der Waals surface area contributed by atoms with Gasteiger partial charge in [-0.25, -0.2) is 4.79 Å². The second kappa shape index (κ2) is 7.47. The smallest absolute Gasteiger partial charge is 0.317 e. The van der Waals surface area contributed by atoms with Crippen LogP contribution in [-0.4, -0.2) is 37.7 Å². The van der Waals surface area contributed by atoms with Gasteiger partial charge in [0.05, 0.1) is 13.2 Å². The summed E-state index contributed by atoms with van der Waals surface area (Å²) in [7, 11) is 3.44. The van der Waals surface area contributed by atoms with Crippen LogP contribution in [0.3, 0.4) is 0 Å². The maximum Gasteiger partial charge on any atom is 0.317 e. The minimum Gasteiger partial charge on any atom is -0.493 e. The van der Waals surface area contributed by atoms with E-state index in [1.54, 1.807) is 12.0 Å². The molecule has 1 heterocycles. The molecular weight excluding hydrogens is 316 g/mol. The molecule has 0 aliphatic carbocycles. The first-order chi connectivity index (χ1) is 12.1. The van der Waals surface area contributed by atoms with Gasteiger partial charge in [0.2, 0.25) is 0 Å². The zero-order valence-corrected chi connectivity index (χ0v) is 14.9. The number of methoxy groups -OCH3 is 1. The number of benzene rings is 2. The second-order valence-corrected chi connectivity index (χ2v) is 6.39. The number of para-hydroxylation sites is 1. The maximum absolute atomic E-state index is 12.5. The van der Waals surface area contributed by atoms with Gasteiger partial charge < -0.3 is 19.7 Å². The predicted molar refractivity (Wildman–Crippen MR) is 97.2 cm³/mol. The van der Waals surface area contributed by atoms with E-state index in [-0.39, 0.29) is 12.1 Å². The van der Waals surface area contributed by atoms with Gasteiger partial charge in [0.1, 0.15) is 6.61 Å². The van der Waals surface area contributed by atoms with Crippen molar-refractivity contribution in [3.63, 3.8) is 0 Å². The number of carbonyl (C=O) groups excluding carboxylic acids is 1. The fraction of sp³-hybridized carbons (Fsp3) is 0.350. The largest absolute Gasteiger partial charge is 0.493 e. The minimum atomic E-state index is -0.0943. The molecule has 25 heavy (non-hydrogen) atoms. The summed E-state index contributed by atoms with van der Waals surface area (Å²) in [4.78, 5) is 14.2. The van der Waals surface area contributed by atoms with E-state index < -0.39 is 0 Å². The number of nitrogens with zero attached hydrogens (tertiary/aromatic N) is 1. The first-order valence-corrected chi connectivity index (χ1v) is 8.43. The molecule has 1 atom stereocenters. The van der Waals surface area contributed by atoms with E-state index >= 15 is 0 Å². The van der Waals surface area contributed by atoms with Crippen molar-refractivity contribution in [1.82, 2.24) is 10.2 Å². The Morgan fingerprint density at radius 2 is 2.08 bits per heavy atom. The van der Waals surface area contributed by atoms with E-state index in [1.807, 2.05) is 43.4 Å². The van der Waals surface area contributed by atoms with Crippen LogP contribution in [-0.2, 0) is 13.0 Å². The predicted octanol–water partition coefficient (Wildman–Crippen LogP) is 3.15. The van der Waals surface area contributed by atoms with Crippen molar-refractivity contribution < 1.29 is 14.3 Å². The molecule has 1 aliphatic heterocycles. The molecule has 132 valence electrons. The monoisotopic (exact) mass is 340 g/mol. The molecule has 5 heteroatoms. The number of hydrogen-bond acceptors (Lipinski definition) is 3. The molecule has 1 aliphatic rings. The third-order valence-electron chi connectivity index (χ3n) is 4.52. The van der Waals surface area contributed by atoms with Gasteiger partial charge in [0.25, 0.3) is 0 Å². The van der Waals surface area contributed by atoms with E-state index in [2.05, 4.69) is 18.3 Å². The summed E-state index contributed by atoms with van der Waals surface area (Å²) in [6.45, 7) is 3.08. The topological polar surface area (TPSA) is 50.8 Å². The Morgan fingerprint density at radius 3 is 2.84 bits per heavy atom. The fourth-order valence-corrected chi connectivity index (χ4v) is 3.05. The normalized spacial score (nSPS) is 15.7. The average Bonchev–Trinajstić information content (AvgIpc) is 2.62. The minimum absolute atomic E-state index is 0.0496. The van der Waals surface area contributed by atoms with Crippen LogP contribution < -0.4 is 14.8 Å². The van der Waals surface area contributed by atoms with Crippen molar-refractivity contribution in [3.05, 3.63) is 59.2 Å². The maximum atomic E-state index is 12.5. The summed E-state index contributed by atoms with van der Waals surface area (Å²) in [5, 5.41) is 3.06. The summed E-state index contributed by atoms with van der Waals surface area (Å²) in [5.74, 6) is 1.52. The molecule has 2 amide bonds. The van der Waals surface area contributed by atoms with Gasteiger partial charge in [-0.3, -0.25) is 0 Å². The summed E-state index contributed by atoms with van der Waals surface area (Å²) in [6.07, 6.45) is 0.733. The van der Waals surface area contributed by atoms with Crippen LogP contribution in [0.15, 0.2) is 42.5 Å². The molecule has 3 rings (SSSR count). The lowest BCUT2D eigenvalue weighted by molar-refractivity contribution is 0.186. The number of urea groups is 1. The van der Waals surface area contributed by atoms with E-state index in [0.29, 0.717) is 13.2 Å². The molecule has 0 saturated carbocycles. The highest BCUT2D eigenvalue weighted by atomic mass is 16.5. The van der Waals surface area contributed by atoms with Crippen molar-refractivity contribution in [3.8, 4) is 11.5 Å². The Hall–Kier alpha value is -2.69. The second-order valence-electron chi connectivity index (χ2n) is 6.39. The highest BCUT2D eigenvalue weighted by Gasteiger charge is 2.24. The summed E-state index contributed by atoms with van der Waals surface area (Å²) >= 11 is 0. The third kappa shape index (κ3) is 3.87. The fourth-order valence-electron chi connectivity index (χ4n) is 3.05. The molecule has 1 unspecified atom stereocenters. The van der Waals surface area contributed by atoms with Gasteiger partial charge in [-0.1, -0.05) is 36.4 Å². The Bertz CT molecular complexity index is 760. The van der Waals surface area contributed by atoms with Crippen molar-refractivity contribution in [2.24, 2.45) is 0 Å². The Kier molecular flexibility index (Phi) is 5.12. The molecular formula is C20H24N2O3. The summed E-state index contributed by atoms with van der Waals surface area (Å²) in [6, 6.07) is 13.8. The Morgan fingerprint density at radius 1 is 1.28 bits per heavy atom. The molecule has 0 radical (unpaired) electrons. The number of carbonyl (C=O) groups is 1. The lowest BCUT2D eigenvalue weighted by Gasteiger charge is -2.29. The number of amides is 2. The van der Waals surface area contributed by atoms with Crippen molar-refractivity contribution in [2.75, 3.05) is 20.8 Å². The van der Waals surface area contributed by atoms with E-state index in [0.717, 1.165) is 29.0 Å². The van der Waals surface area contributed by atoms with E-state index in [1.165, 1.54) is 5.56 Å². The zero-order chi connectivity index (χ0) is 17.8. The molecule has 2 aromatic carbocycles. The van der Waals surface area contributed by atoms with Crippen LogP contribution in [0, 0.1) is 6.92 Å². The Labute approximate surface area is 148 Å². The lowest BCUT2D eigenvalue weighted by atomic mass is 10.0. The van der Waals surface area contributed by atoms with Crippen LogP contribution in [0.4, 0.5) is 4.79 Å². The van der Waals surface area contributed by atoms with Gasteiger partial charge in [-0.2, -0.15) is 0 Å². The first-order valence-electron chi connectivity index (χ1n) is 8.43. The van der Waals surface area contributed by atoms with Crippen molar-refractivity contribution in [1.29, 1.82) is 0 Å². The number of ether oxygens (including phenoxy) is 2. The number of nitrogens with one attached hydrogen (secondary N) is 1. The molecule has 0 fully saturated rings.